The van der Waals surface area contributed by atoms with Crippen LogP contribution in [0.15, 0.2) is 59.5 Å². The minimum atomic E-state index is -1.47. The lowest BCUT2D eigenvalue weighted by atomic mass is 9.81. The molecule has 1 unspecified atom stereocenters. The number of hydrogen-bond donors (Lipinski definition) is 2. The Morgan fingerprint density at radius 3 is 2.53 bits per heavy atom. The van der Waals surface area contributed by atoms with Crippen LogP contribution in [-0.4, -0.2) is 46.6 Å². The van der Waals surface area contributed by atoms with E-state index in [-0.39, 0.29) is 12.2 Å². The van der Waals surface area contributed by atoms with Crippen LogP contribution in [0.1, 0.15) is 39.7 Å². The number of carbonyl (C=O) groups excluding carboxylic acids is 1. The summed E-state index contributed by atoms with van der Waals surface area (Å²) in [6.45, 7) is 8.33. The highest BCUT2D eigenvalue weighted by atomic mass is 16.5. The molecule has 1 aliphatic carbocycles. The molecule has 30 heavy (non-hydrogen) atoms. The van der Waals surface area contributed by atoms with E-state index in [2.05, 4.69) is 18.7 Å². The Bertz CT molecular complexity index is 926. The Hall–Kier alpha value is -2.70. The minimum Gasteiger partial charge on any atom is -0.479 e. The minimum absolute atomic E-state index is 0.146. The Labute approximate surface area is 177 Å². The lowest BCUT2D eigenvalue weighted by Gasteiger charge is -2.37. The molecular weight excluding hydrogens is 380 g/mol. The van der Waals surface area contributed by atoms with Crippen molar-refractivity contribution >= 4 is 17.3 Å². The Kier molecular flexibility index (Phi) is 6.29. The molecule has 0 aromatic heterocycles. The van der Waals surface area contributed by atoms with Crippen LogP contribution in [0, 0.1) is 5.92 Å². The molecule has 0 saturated heterocycles. The molecule has 1 aromatic carbocycles. The van der Waals surface area contributed by atoms with Crippen LogP contribution in [0.5, 0.6) is 0 Å². The van der Waals surface area contributed by atoms with Crippen molar-refractivity contribution in [3.63, 3.8) is 0 Å². The number of rotatable bonds is 7. The van der Waals surface area contributed by atoms with E-state index in [0.29, 0.717) is 12.5 Å². The second kappa shape index (κ2) is 8.58. The highest BCUT2D eigenvalue weighted by Gasteiger charge is 2.38. The quantitative estimate of drug-likeness (QED) is 0.716. The van der Waals surface area contributed by atoms with E-state index in [1.54, 1.807) is 6.08 Å². The highest BCUT2D eigenvalue weighted by Crippen LogP contribution is 2.41. The van der Waals surface area contributed by atoms with Gasteiger partial charge in [0.25, 0.3) is 0 Å². The molecule has 1 atom stereocenters. The molecule has 1 aliphatic heterocycles. The van der Waals surface area contributed by atoms with E-state index >= 15 is 0 Å². The lowest BCUT2D eigenvalue weighted by molar-refractivity contribution is -0.167. The van der Waals surface area contributed by atoms with Crippen molar-refractivity contribution in [1.82, 2.24) is 4.90 Å². The summed E-state index contributed by atoms with van der Waals surface area (Å²) < 4.78 is 5.73. The number of nitrogens with zero attached hydrogens (tertiary/aromatic N) is 1. The Morgan fingerprint density at radius 2 is 1.97 bits per heavy atom. The fraction of sp³-hybridized carbons (Fsp3) is 0.417. The van der Waals surface area contributed by atoms with Crippen molar-refractivity contribution in [1.29, 1.82) is 0 Å². The normalized spacial score (nSPS) is 19.6. The van der Waals surface area contributed by atoms with E-state index in [9.17, 15) is 14.7 Å². The van der Waals surface area contributed by atoms with Gasteiger partial charge in [-0.25, -0.2) is 4.79 Å². The first-order valence-electron chi connectivity index (χ1n) is 10.3. The fourth-order valence-corrected chi connectivity index (χ4v) is 3.83. The zero-order valence-electron chi connectivity index (χ0n) is 18.0. The van der Waals surface area contributed by atoms with Gasteiger partial charge in [-0.15, -0.1) is 0 Å². The summed E-state index contributed by atoms with van der Waals surface area (Å²) in [5.41, 5.74) is 9.49. The molecule has 0 fully saturated rings. The smallest absolute Gasteiger partial charge is 0.335 e. The monoisotopic (exact) mass is 410 g/mol. The second-order valence-electron chi connectivity index (χ2n) is 8.67. The molecule has 0 bridgehead atoms. The van der Waals surface area contributed by atoms with Crippen LogP contribution >= 0.6 is 0 Å². The van der Waals surface area contributed by atoms with E-state index in [1.165, 1.54) is 13.8 Å². The predicted molar refractivity (Wildman–Crippen MR) is 116 cm³/mol. The zero-order chi connectivity index (χ0) is 22.1. The van der Waals surface area contributed by atoms with Crippen molar-refractivity contribution < 1.29 is 19.4 Å². The number of carbonyl (C=O) groups is 2. The molecular formula is C24H30N2O4. The molecule has 3 N–H and O–H groups in total. The number of allylic oxidation sites excluding steroid dienone is 3. The average Bonchev–Trinajstić information content (AvgIpc) is 2.68. The molecule has 6 nitrogen and oxygen atoms in total. The molecule has 1 aromatic rings. The number of carboxylic acids is 1. The van der Waals surface area contributed by atoms with Crippen LogP contribution in [0.25, 0.3) is 5.57 Å². The van der Waals surface area contributed by atoms with Crippen molar-refractivity contribution in [2.24, 2.45) is 11.7 Å². The maximum Gasteiger partial charge on any atom is 0.335 e. The number of fused-ring (bicyclic) bond motifs is 1. The first-order valence-corrected chi connectivity index (χ1v) is 10.3. The van der Waals surface area contributed by atoms with E-state index in [4.69, 9.17) is 10.5 Å². The summed E-state index contributed by atoms with van der Waals surface area (Å²) in [5.74, 6) is -0.839. The van der Waals surface area contributed by atoms with Crippen LogP contribution in [0.4, 0.5) is 0 Å². The van der Waals surface area contributed by atoms with Gasteiger partial charge in [0, 0.05) is 37.0 Å². The summed E-state index contributed by atoms with van der Waals surface area (Å²) in [6.07, 6.45) is 3.04. The van der Waals surface area contributed by atoms with Gasteiger partial charge >= 0.3 is 5.97 Å². The van der Waals surface area contributed by atoms with Crippen LogP contribution < -0.4 is 5.73 Å². The number of nitrogens with two attached hydrogens (primary N) is 1. The Balaban J connectivity index is 2.13. The first kappa shape index (κ1) is 22.0. The zero-order valence-corrected chi connectivity index (χ0v) is 18.0. The maximum absolute atomic E-state index is 12.8. The summed E-state index contributed by atoms with van der Waals surface area (Å²) in [6, 6.07) is 9.94. The van der Waals surface area contributed by atoms with Gasteiger partial charge in [0.15, 0.2) is 11.4 Å². The van der Waals surface area contributed by atoms with Gasteiger partial charge in [0.1, 0.15) is 6.10 Å². The summed E-state index contributed by atoms with van der Waals surface area (Å²) in [4.78, 5) is 26.5. The largest absolute Gasteiger partial charge is 0.479 e. The van der Waals surface area contributed by atoms with Crippen molar-refractivity contribution in [3.8, 4) is 0 Å². The molecule has 0 spiro atoms. The number of benzene rings is 1. The van der Waals surface area contributed by atoms with Crippen LogP contribution in [0.3, 0.4) is 0 Å². The lowest BCUT2D eigenvalue weighted by Crippen LogP contribution is -2.42. The number of aliphatic carboxylic acids is 1. The number of carboxylic acid groups (broad SMARTS) is 1. The third-order valence-corrected chi connectivity index (χ3v) is 5.32. The second-order valence-corrected chi connectivity index (χ2v) is 8.67. The third kappa shape index (κ3) is 4.40. The fourth-order valence-electron chi connectivity index (χ4n) is 3.83. The van der Waals surface area contributed by atoms with Gasteiger partial charge in [-0.2, -0.15) is 0 Å². The molecule has 0 amide bonds. The molecule has 160 valence electrons. The predicted octanol–water partition coefficient (Wildman–Crippen LogP) is 3.36. The van der Waals surface area contributed by atoms with Gasteiger partial charge in [0.2, 0.25) is 0 Å². The van der Waals surface area contributed by atoms with Crippen LogP contribution in [0.2, 0.25) is 0 Å². The topological polar surface area (TPSA) is 92.9 Å². The summed E-state index contributed by atoms with van der Waals surface area (Å²) >= 11 is 0. The van der Waals surface area contributed by atoms with Crippen molar-refractivity contribution in [3.05, 3.63) is 65.0 Å². The molecule has 1 heterocycles. The number of ketones is 1. The molecule has 0 saturated carbocycles. The Morgan fingerprint density at radius 1 is 1.30 bits per heavy atom. The third-order valence-electron chi connectivity index (χ3n) is 5.32. The van der Waals surface area contributed by atoms with E-state index in [1.807, 2.05) is 36.5 Å². The summed E-state index contributed by atoms with van der Waals surface area (Å²) in [7, 11) is 0. The number of Topliss-reactive ketones (excluding diaryl/α,β-unsaturated/α-hetero) is 1. The van der Waals surface area contributed by atoms with Gasteiger partial charge < -0.3 is 20.5 Å². The number of hydrogen-bond acceptors (Lipinski definition) is 5. The molecule has 3 rings (SSSR count). The highest BCUT2D eigenvalue weighted by molar-refractivity contribution is 5.97. The maximum atomic E-state index is 12.8. The molecule has 2 aliphatic rings. The van der Waals surface area contributed by atoms with Gasteiger partial charge in [0.05, 0.1) is 0 Å². The average molecular weight is 411 g/mol. The van der Waals surface area contributed by atoms with E-state index < -0.39 is 17.7 Å². The van der Waals surface area contributed by atoms with Gasteiger partial charge in [-0.3, -0.25) is 4.79 Å². The van der Waals surface area contributed by atoms with E-state index in [0.717, 1.165) is 34.5 Å². The van der Waals surface area contributed by atoms with Gasteiger partial charge in [-0.05, 0) is 42.6 Å². The van der Waals surface area contributed by atoms with Crippen LogP contribution in [-0.2, 0) is 14.3 Å². The summed E-state index contributed by atoms with van der Waals surface area (Å²) in [5, 5.41) is 9.42. The van der Waals surface area contributed by atoms with Crippen molar-refractivity contribution in [2.45, 2.75) is 45.8 Å². The number of ether oxygens (including phenoxy) is 1. The van der Waals surface area contributed by atoms with Gasteiger partial charge in [-0.1, -0.05) is 44.2 Å². The molecule has 6 heteroatoms. The standard InChI is InChI=1S/C24H30N2O4/c1-15(2)13-26-14-17-10-20(27)21(30-24(3,4)23(28)29)11-18(17)22(19(26)12-25)16-8-6-5-7-9-16/h5-9,11,14-15,21H,10,12-13,25H2,1-4H3,(H,28,29). The SMILES string of the molecule is CC(C)CN1C=C2CC(=O)C(OC(C)(C)C(=O)O)C=C2C(c2ccccc2)=C1CN. The first-order chi connectivity index (χ1) is 14.1. The molecule has 0 radical (unpaired) electrons. The van der Waals surface area contributed by atoms with Crippen molar-refractivity contribution in [2.75, 3.05) is 13.1 Å².